The summed E-state index contributed by atoms with van der Waals surface area (Å²) in [5.74, 6) is -0.202. The Bertz CT molecular complexity index is 488. The number of amides is 1. The van der Waals surface area contributed by atoms with Gasteiger partial charge in [-0.3, -0.25) is 9.59 Å². The van der Waals surface area contributed by atoms with E-state index in [1.54, 1.807) is 6.92 Å². The van der Waals surface area contributed by atoms with E-state index in [0.29, 0.717) is 13.0 Å². The van der Waals surface area contributed by atoms with E-state index >= 15 is 0 Å². The second kappa shape index (κ2) is 28.4. The van der Waals surface area contributed by atoms with Gasteiger partial charge in [-0.25, -0.2) is 0 Å². The summed E-state index contributed by atoms with van der Waals surface area (Å²) in [4.78, 5) is 22.7. The van der Waals surface area contributed by atoms with Crippen LogP contribution in [0.4, 0.5) is 0 Å². The van der Waals surface area contributed by atoms with Gasteiger partial charge in [0.25, 0.3) is 0 Å². The lowest BCUT2D eigenvalue weighted by Gasteiger charge is -2.16. The van der Waals surface area contributed by atoms with Gasteiger partial charge in [-0.15, -0.1) is 0 Å². The first-order valence-corrected chi connectivity index (χ1v) is 14.8. The molecule has 7 nitrogen and oxygen atoms in total. The number of rotatable bonds is 28. The smallest absolute Gasteiger partial charge is 0.306 e. The van der Waals surface area contributed by atoms with Crippen LogP contribution in [0.1, 0.15) is 136 Å². The van der Waals surface area contributed by atoms with E-state index in [2.05, 4.69) is 12.2 Å². The highest BCUT2D eigenvalue weighted by Crippen LogP contribution is 2.12. The molecule has 0 aromatic heterocycles. The topological polar surface area (TPSA) is 94.1 Å². The third-order valence-electron chi connectivity index (χ3n) is 6.30. The predicted octanol–water partition coefficient (Wildman–Crippen LogP) is 6.45. The Balaban J connectivity index is 3.40. The summed E-state index contributed by atoms with van der Waals surface area (Å²) in [6, 6.07) is 0. The van der Waals surface area contributed by atoms with Crippen LogP contribution >= 0.6 is 0 Å². The van der Waals surface area contributed by atoms with Gasteiger partial charge >= 0.3 is 5.97 Å². The minimum Gasteiger partial charge on any atom is -0.457 e. The monoisotopic (exact) mass is 515 g/mol. The van der Waals surface area contributed by atoms with Crippen molar-refractivity contribution >= 4 is 11.9 Å². The number of esters is 1. The van der Waals surface area contributed by atoms with E-state index in [1.807, 2.05) is 0 Å². The van der Waals surface area contributed by atoms with Gasteiger partial charge in [-0.1, -0.05) is 103 Å². The number of aliphatic hydroxyl groups is 1. The van der Waals surface area contributed by atoms with Gasteiger partial charge in [0.2, 0.25) is 5.91 Å². The van der Waals surface area contributed by atoms with Crippen LogP contribution in [-0.4, -0.2) is 56.2 Å². The van der Waals surface area contributed by atoms with Crippen molar-refractivity contribution in [2.24, 2.45) is 0 Å². The Morgan fingerprint density at radius 1 is 0.722 bits per heavy atom. The second-order valence-electron chi connectivity index (χ2n) is 9.93. The van der Waals surface area contributed by atoms with Gasteiger partial charge in [-0.2, -0.15) is 0 Å². The molecule has 0 aromatic rings. The van der Waals surface area contributed by atoms with Crippen LogP contribution in [0, 0.1) is 0 Å². The van der Waals surface area contributed by atoms with Crippen LogP contribution in [-0.2, 0) is 23.8 Å². The second-order valence-corrected chi connectivity index (χ2v) is 9.93. The van der Waals surface area contributed by atoms with Crippen LogP contribution in [0.3, 0.4) is 0 Å². The summed E-state index contributed by atoms with van der Waals surface area (Å²) in [7, 11) is 0. The van der Waals surface area contributed by atoms with E-state index in [1.165, 1.54) is 83.5 Å². The van der Waals surface area contributed by atoms with Crippen molar-refractivity contribution in [3.8, 4) is 0 Å². The molecule has 0 aliphatic rings. The fourth-order valence-electron chi connectivity index (χ4n) is 4.08. The summed E-state index contributed by atoms with van der Waals surface area (Å²) >= 11 is 0. The van der Waals surface area contributed by atoms with Crippen molar-refractivity contribution in [1.82, 2.24) is 5.32 Å². The molecule has 36 heavy (non-hydrogen) atoms. The minimum absolute atomic E-state index is 0.0558. The van der Waals surface area contributed by atoms with Crippen molar-refractivity contribution < 1.29 is 28.9 Å². The molecule has 0 aliphatic heterocycles. The van der Waals surface area contributed by atoms with Gasteiger partial charge in [0.1, 0.15) is 12.9 Å². The maximum absolute atomic E-state index is 12.0. The molecule has 0 bridgehead atoms. The van der Waals surface area contributed by atoms with Crippen molar-refractivity contribution in [2.45, 2.75) is 142 Å². The predicted molar refractivity (Wildman–Crippen MR) is 146 cm³/mol. The Labute approximate surface area is 221 Å². The molecule has 0 aromatic carbocycles. The fourth-order valence-corrected chi connectivity index (χ4v) is 4.08. The molecule has 0 heterocycles. The van der Waals surface area contributed by atoms with E-state index in [9.17, 15) is 14.7 Å². The molecule has 0 radical (unpaired) electrons. The van der Waals surface area contributed by atoms with Crippen LogP contribution in [0.2, 0.25) is 0 Å². The molecule has 1 atom stereocenters. The molecular formula is C29H57NO6. The van der Waals surface area contributed by atoms with Gasteiger partial charge in [0, 0.05) is 26.5 Å². The summed E-state index contributed by atoms with van der Waals surface area (Å²) in [5, 5.41) is 12.3. The summed E-state index contributed by atoms with van der Waals surface area (Å²) in [5.41, 5.74) is 0. The minimum atomic E-state index is -0.620. The van der Waals surface area contributed by atoms with Crippen molar-refractivity contribution in [3.05, 3.63) is 0 Å². The molecule has 0 spiro atoms. The zero-order chi connectivity index (χ0) is 26.5. The number of carbonyl (C=O) groups excluding carboxylic acids is 2. The third kappa shape index (κ3) is 27.4. The van der Waals surface area contributed by atoms with Crippen molar-refractivity contribution in [1.29, 1.82) is 0 Å². The molecule has 0 rings (SSSR count). The zero-order valence-electron chi connectivity index (χ0n) is 23.5. The highest BCUT2D eigenvalue weighted by Gasteiger charge is 2.13. The van der Waals surface area contributed by atoms with E-state index in [0.717, 1.165) is 38.6 Å². The highest BCUT2D eigenvalue weighted by atomic mass is 16.7. The molecule has 7 heteroatoms. The summed E-state index contributed by atoms with van der Waals surface area (Å²) in [6.07, 6.45) is 21.3. The Kier molecular flexibility index (Phi) is 27.5. The average Bonchev–Trinajstić information content (AvgIpc) is 2.86. The SMILES string of the molecule is CCCCCCCCCCCC(=O)O[C@H](CO)COCOCCCCCCCCCCCNC(C)=O. The maximum Gasteiger partial charge on any atom is 0.306 e. The highest BCUT2D eigenvalue weighted by molar-refractivity contribution is 5.72. The van der Waals surface area contributed by atoms with E-state index in [-0.39, 0.29) is 31.9 Å². The molecule has 0 unspecified atom stereocenters. The van der Waals surface area contributed by atoms with Gasteiger partial charge in [0.05, 0.1) is 13.2 Å². The van der Waals surface area contributed by atoms with Gasteiger partial charge < -0.3 is 24.6 Å². The fraction of sp³-hybridized carbons (Fsp3) is 0.931. The number of hydrogen-bond donors (Lipinski definition) is 2. The lowest BCUT2D eigenvalue weighted by molar-refractivity contribution is -0.159. The number of unbranched alkanes of at least 4 members (excludes halogenated alkanes) is 16. The zero-order valence-corrected chi connectivity index (χ0v) is 23.5. The van der Waals surface area contributed by atoms with Gasteiger partial charge in [0.15, 0.2) is 0 Å². The lowest BCUT2D eigenvalue weighted by Crippen LogP contribution is -2.27. The van der Waals surface area contributed by atoms with E-state index < -0.39 is 6.10 Å². The quantitative estimate of drug-likeness (QED) is 0.0706. The normalized spacial score (nSPS) is 12.0. The number of nitrogens with one attached hydrogen (secondary N) is 1. The number of carbonyl (C=O) groups is 2. The van der Waals surface area contributed by atoms with Crippen LogP contribution in [0.25, 0.3) is 0 Å². The molecule has 0 aliphatic carbocycles. The van der Waals surface area contributed by atoms with Crippen LogP contribution in [0.5, 0.6) is 0 Å². The largest absolute Gasteiger partial charge is 0.457 e. The van der Waals surface area contributed by atoms with E-state index in [4.69, 9.17) is 14.2 Å². The molecule has 0 saturated heterocycles. The molecule has 214 valence electrons. The first-order valence-electron chi connectivity index (χ1n) is 14.8. The Morgan fingerprint density at radius 2 is 1.25 bits per heavy atom. The Morgan fingerprint density at radius 3 is 1.81 bits per heavy atom. The van der Waals surface area contributed by atoms with Crippen molar-refractivity contribution in [3.63, 3.8) is 0 Å². The van der Waals surface area contributed by atoms with Gasteiger partial charge in [-0.05, 0) is 19.3 Å². The lowest BCUT2D eigenvalue weighted by atomic mass is 10.1. The number of hydrogen-bond acceptors (Lipinski definition) is 6. The maximum atomic E-state index is 12.0. The number of ether oxygens (including phenoxy) is 3. The van der Waals surface area contributed by atoms with Crippen molar-refractivity contribution in [2.75, 3.05) is 33.2 Å². The standard InChI is InChI=1S/C29H57NO6/c1-3-4-5-6-7-9-12-15-18-21-29(33)36-28(24-31)25-35-26-34-23-20-17-14-11-8-10-13-16-19-22-30-27(2)32/h28,31H,3-26H2,1-2H3,(H,30,32)/t28-/m1/s1. The third-order valence-corrected chi connectivity index (χ3v) is 6.30. The Hall–Kier alpha value is -1.18. The summed E-state index contributed by atoms with van der Waals surface area (Å²) in [6.45, 7) is 5.32. The number of aliphatic hydroxyl groups excluding tert-OH is 1. The first kappa shape index (κ1) is 34.8. The molecular weight excluding hydrogens is 458 g/mol. The molecule has 1 amide bonds. The summed E-state index contributed by atoms with van der Waals surface area (Å²) < 4.78 is 16.2. The first-order chi connectivity index (χ1) is 17.6. The van der Waals surface area contributed by atoms with Crippen LogP contribution < -0.4 is 5.32 Å². The molecule has 2 N–H and O–H groups in total. The average molecular weight is 516 g/mol. The molecule has 0 fully saturated rings. The van der Waals surface area contributed by atoms with Crippen LogP contribution in [0.15, 0.2) is 0 Å². The molecule has 0 saturated carbocycles.